The summed E-state index contributed by atoms with van der Waals surface area (Å²) in [5.41, 5.74) is 0.349. The Bertz CT molecular complexity index is 753. The molecule has 2 saturated heterocycles. The van der Waals surface area contributed by atoms with Gasteiger partial charge in [0.15, 0.2) is 5.92 Å². The Balaban J connectivity index is 0.00000243. The fraction of sp³-hybridized carbons (Fsp3) is 0.467. The van der Waals surface area contributed by atoms with Gasteiger partial charge in [-0.15, -0.1) is 11.8 Å². The second-order valence-corrected chi connectivity index (χ2v) is 8.96. The number of fused-ring (bicyclic) bond motifs is 1. The number of hydrogen-bond donors (Lipinski definition) is 3. The number of β-lactam (4-membered cyclic amide) rings is 1. The first kappa shape index (κ1) is 21.2. The quantitative estimate of drug-likeness (QED) is 0.353. The molecule has 8 nitrogen and oxygen atoms in total. The van der Waals surface area contributed by atoms with Crippen LogP contribution in [0.3, 0.4) is 0 Å². The van der Waals surface area contributed by atoms with Crippen molar-refractivity contribution in [2.24, 2.45) is 0 Å². The Kier molecular flexibility index (Phi) is 6.13. The molecule has 2 fully saturated rings. The second kappa shape index (κ2) is 7.51. The fourth-order valence-electron chi connectivity index (χ4n) is 3.23. The third kappa shape index (κ3) is 3.40. The van der Waals surface area contributed by atoms with Crippen molar-refractivity contribution in [1.29, 1.82) is 0 Å². The summed E-state index contributed by atoms with van der Waals surface area (Å²) in [6.45, 7) is 3.46. The number of nitrogens with zero attached hydrogens (tertiary/aromatic N) is 1. The van der Waals surface area contributed by atoms with Crippen molar-refractivity contribution in [2.75, 3.05) is 0 Å². The van der Waals surface area contributed by atoms with Gasteiger partial charge in [-0.05, 0) is 36.2 Å². The molecule has 0 bridgehead atoms. The topological polar surface area (TPSA) is 124 Å². The van der Waals surface area contributed by atoms with E-state index in [9.17, 15) is 29.4 Å². The van der Waals surface area contributed by atoms with Crippen LogP contribution in [0.5, 0.6) is 0 Å². The number of aliphatic carboxylic acids is 2. The fourth-order valence-corrected chi connectivity index (χ4v) is 5.54. The molecule has 0 radical (unpaired) electrons. The van der Waals surface area contributed by atoms with Crippen molar-refractivity contribution in [3.8, 4) is 0 Å². The van der Waals surface area contributed by atoms with E-state index in [1.165, 1.54) is 28.0 Å². The molecular formula is C15H17N2NaO6S2. The van der Waals surface area contributed by atoms with Gasteiger partial charge in [0.2, 0.25) is 11.8 Å². The van der Waals surface area contributed by atoms with E-state index in [2.05, 4.69) is 5.32 Å². The average molecular weight is 408 g/mol. The van der Waals surface area contributed by atoms with E-state index >= 15 is 0 Å². The molecule has 26 heavy (non-hydrogen) atoms. The zero-order valence-electron chi connectivity index (χ0n) is 13.3. The number of amides is 2. The van der Waals surface area contributed by atoms with Crippen LogP contribution in [0, 0.1) is 0 Å². The van der Waals surface area contributed by atoms with E-state index in [-0.39, 0.29) is 29.6 Å². The Morgan fingerprint density at radius 1 is 1.31 bits per heavy atom. The summed E-state index contributed by atoms with van der Waals surface area (Å²) in [4.78, 5) is 48.9. The van der Waals surface area contributed by atoms with Crippen LogP contribution < -0.4 is 5.32 Å². The molecule has 2 amide bonds. The van der Waals surface area contributed by atoms with Crippen LogP contribution in [0.4, 0.5) is 0 Å². The van der Waals surface area contributed by atoms with E-state index < -0.39 is 51.9 Å². The van der Waals surface area contributed by atoms with Gasteiger partial charge < -0.3 is 20.4 Å². The van der Waals surface area contributed by atoms with Crippen LogP contribution in [-0.4, -0.2) is 90.6 Å². The van der Waals surface area contributed by atoms with E-state index in [1.807, 2.05) is 0 Å². The minimum absolute atomic E-state index is 0. The molecule has 0 saturated carbocycles. The van der Waals surface area contributed by atoms with Crippen LogP contribution in [-0.2, 0) is 19.2 Å². The number of carboxylic acid groups (broad SMARTS) is 2. The number of carboxylic acids is 2. The molecule has 3 rings (SSSR count). The molecule has 0 aliphatic carbocycles. The molecule has 3 N–H and O–H groups in total. The number of rotatable bonds is 5. The maximum atomic E-state index is 12.4. The average Bonchev–Trinajstić information content (AvgIpc) is 3.09. The zero-order valence-corrected chi connectivity index (χ0v) is 15.0. The van der Waals surface area contributed by atoms with E-state index in [4.69, 9.17) is 0 Å². The van der Waals surface area contributed by atoms with Crippen molar-refractivity contribution in [1.82, 2.24) is 10.2 Å². The molecule has 1 aromatic heterocycles. The summed E-state index contributed by atoms with van der Waals surface area (Å²) < 4.78 is -0.703. The minimum atomic E-state index is -1.40. The van der Waals surface area contributed by atoms with Gasteiger partial charge in [0, 0.05) is 4.75 Å². The summed E-state index contributed by atoms with van der Waals surface area (Å²) in [7, 11) is 0. The summed E-state index contributed by atoms with van der Waals surface area (Å²) in [6, 6.07) is -0.344. The van der Waals surface area contributed by atoms with Crippen molar-refractivity contribution < 1.29 is 29.4 Å². The van der Waals surface area contributed by atoms with Crippen LogP contribution >= 0.6 is 23.1 Å². The zero-order chi connectivity index (χ0) is 18.5. The van der Waals surface area contributed by atoms with Gasteiger partial charge in [0.1, 0.15) is 17.5 Å². The number of carbonyl (C=O) groups is 4. The van der Waals surface area contributed by atoms with Crippen molar-refractivity contribution in [3.05, 3.63) is 22.4 Å². The Hall–Kier alpha value is -1.07. The van der Waals surface area contributed by atoms with Crippen molar-refractivity contribution in [3.63, 3.8) is 0 Å². The van der Waals surface area contributed by atoms with Gasteiger partial charge in [-0.25, -0.2) is 4.79 Å². The first-order chi connectivity index (χ1) is 11.6. The SMILES string of the molecule is CC1(C)S[C@@H]2[C@H](NC(=O)[C@H](C(=O)O)c3ccsc3)C(=O)N2[C@H]1C(=O)O.[NaH]. The Labute approximate surface area is 179 Å². The first-order valence-electron chi connectivity index (χ1n) is 7.43. The standard InChI is InChI=1S/C15H16N2O6S2.Na.H/c1-15(2)9(14(22)23)17-11(19)8(12(17)25-15)16-10(18)7(13(20)21)6-3-4-24-5-6;;/h3-5,7-9,12H,1-2H3,(H,16,18)(H,20,21)(H,22,23);;/t7-,8-,9+,12-;;/m1../s1. The Morgan fingerprint density at radius 2 is 1.96 bits per heavy atom. The molecule has 0 spiro atoms. The van der Waals surface area contributed by atoms with Gasteiger partial charge in [0.25, 0.3) is 0 Å². The monoisotopic (exact) mass is 408 g/mol. The summed E-state index contributed by atoms with van der Waals surface area (Å²) in [5.74, 6) is -5.08. The second-order valence-electron chi connectivity index (χ2n) is 6.41. The number of nitrogens with one attached hydrogen (secondary N) is 1. The van der Waals surface area contributed by atoms with Crippen molar-refractivity contribution >= 4 is 76.4 Å². The third-order valence-electron chi connectivity index (χ3n) is 4.36. The van der Waals surface area contributed by atoms with Gasteiger partial charge in [-0.2, -0.15) is 11.3 Å². The van der Waals surface area contributed by atoms with Crippen LogP contribution in [0.1, 0.15) is 25.3 Å². The number of thiophene rings is 1. The molecular weight excluding hydrogens is 391 g/mol. The van der Waals surface area contributed by atoms with E-state index in [1.54, 1.807) is 30.7 Å². The van der Waals surface area contributed by atoms with Crippen LogP contribution in [0.15, 0.2) is 16.8 Å². The molecule has 1 aromatic rings. The summed E-state index contributed by atoms with van der Waals surface area (Å²) in [5, 5.41) is 23.9. The van der Waals surface area contributed by atoms with Gasteiger partial charge in [0.05, 0.1) is 0 Å². The first-order valence-corrected chi connectivity index (χ1v) is 9.25. The summed E-state index contributed by atoms with van der Waals surface area (Å²) >= 11 is 2.56. The number of thioether (sulfide) groups is 1. The molecule has 4 atom stereocenters. The van der Waals surface area contributed by atoms with Crippen molar-refractivity contribution in [2.45, 2.75) is 42.0 Å². The van der Waals surface area contributed by atoms with E-state index in [0.717, 1.165) is 0 Å². The molecule has 0 unspecified atom stereocenters. The van der Waals surface area contributed by atoms with Gasteiger partial charge in [-0.3, -0.25) is 14.4 Å². The van der Waals surface area contributed by atoms with Gasteiger partial charge in [-0.1, -0.05) is 0 Å². The van der Waals surface area contributed by atoms with Gasteiger partial charge >= 0.3 is 41.5 Å². The third-order valence-corrected chi connectivity index (χ3v) is 6.63. The van der Waals surface area contributed by atoms with E-state index in [0.29, 0.717) is 5.56 Å². The number of hydrogen-bond acceptors (Lipinski definition) is 6. The van der Waals surface area contributed by atoms with Crippen LogP contribution in [0.25, 0.3) is 0 Å². The molecule has 0 aromatic carbocycles. The number of carbonyl (C=O) groups excluding carboxylic acids is 2. The maximum absolute atomic E-state index is 12.4. The predicted octanol–water partition coefficient (Wildman–Crippen LogP) is -0.100. The molecule has 2 aliphatic rings. The Morgan fingerprint density at radius 3 is 2.46 bits per heavy atom. The normalized spacial score (nSPS) is 26.9. The molecule has 11 heteroatoms. The molecule has 3 heterocycles. The summed E-state index contributed by atoms with van der Waals surface area (Å²) in [6.07, 6.45) is 0. The predicted molar refractivity (Wildman–Crippen MR) is 97.5 cm³/mol. The molecule has 2 aliphatic heterocycles. The van der Waals surface area contributed by atoms with Crippen LogP contribution in [0.2, 0.25) is 0 Å². The molecule has 136 valence electrons.